The first-order valence-corrected chi connectivity index (χ1v) is 11.8. The topological polar surface area (TPSA) is 108 Å². The quantitative estimate of drug-likeness (QED) is 0.228. The van der Waals surface area contributed by atoms with Gasteiger partial charge in [0.15, 0.2) is 6.61 Å². The molecule has 0 saturated heterocycles. The molecule has 4 aromatic rings. The number of thiophene rings is 1. The number of hydrogen-bond donors (Lipinski definition) is 0. The van der Waals surface area contributed by atoms with E-state index in [0.717, 1.165) is 4.90 Å². The standard InChI is InChI=1S/C26H19N3O6S/c1-15-22(25(33)29(27(15)2)17-7-4-3-5-8-17)28-23(31)18-11-10-16(13-19(18)24(28)32)26(34)35-14-20(30)21-9-6-12-36-21/h3-13H,14H2,1-2H3. The minimum atomic E-state index is -0.802. The van der Waals surface area contributed by atoms with Crippen LogP contribution in [0.25, 0.3) is 5.69 Å². The lowest BCUT2D eigenvalue weighted by Gasteiger charge is -2.11. The van der Waals surface area contributed by atoms with Crippen LogP contribution in [0.5, 0.6) is 0 Å². The van der Waals surface area contributed by atoms with Gasteiger partial charge in [0.25, 0.3) is 17.4 Å². The number of para-hydroxylation sites is 1. The minimum Gasteiger partial charge on any atom is -0.454 e. The number of amides is 2. The smallest absolute Gasteiger partial charge is 0.338 e. The van der Waals surface area contributed by atoms with Crippen molar-refractivity contribution in [2.24, 2.45) is 7.05 Å². The summed E-state index contributed by atoms with van der Waals surface area (Å²) < 4.78 is 8.05. The Labute approximate surface area is 208 Å². The van der Waals surface area contributed by atoms with Gasteiger partial charge in [-0.1, -0.05) is 24.3 Å². The summed E-state index contributed by atoms with van der Waals surface area (Å²) in [6, 6.07) is 16.2. The molecule has 9 nitrogen and oxygen atoms in total. The second kappa shape index (κ2) is 8.90. The maximum atomic E-state index is 13.4. The average Bonchev–Trinajstić information content (AvgIpc) is 3.56. The highest BCUT2D eigenvalue weighted by Crippen LogP contribution is 2.30. The van der Waals surface area contributed by atoms with Crippen LogP contribution in [0.3, 0.4) is 0 Å². The summed E-state index contributed by atoms with van der Waals surface area (Å²) >= 11 is 1.24. The van der Waals surface area contributed by atoms with Crippen molar-refractivity contribution in [3.63, 3.8) is 0 Å². The molecule has 3 heterocycles. The van der Waals surface area contributed by atoms with Crippen LogP contribution in [0.2, 0.25) is 0 Å². The molecular weight excluding hydrogens is 482 g/mol. The first-order valence-electron chi connectivity index (χ1n) is 10.9. The van der Waals surface area contributed by atoms with Crippen molar-refractivity contribution in [3.05, 3.63) is 104 Å². The molecule has 2 aromatic heterocycles. The Bertz CT molecular complexity index is 1600. The number of aromatic nitrogens is 2. The van der Waals surface area contributed by atoms with Gasteiger partial charge < -0.3 is 4.74 Å². The van der Waals surface area contributed by atoms with Crippen LogP contribution in [-0.2, 0) is 11.8 Å². The molecular formula is C26H19N3O6S. The summed E-state index contributed by atoms with van der Waals surface area (Å²) in [6.07, 6.45) is 0. The van der Waals surface area contributed by atoms with Crippen LogP contribution in [-0.4, -0.2) is 39.5 Å². The maximum Gasteiger partial charge on any atom is 0.338 e. The number of ether oxygens (including phenoxy) is 1. The van der Waals surface area contributed by atoms with Crippen molar-refractivity contribution in [1.29, 1.82) is 0 Å². The van der Waals surface area contributed by atoms with E-state index in [0.29, 0.717) is 16.3 Å². The maximum absolute atomic E-state index is 13.4. The third-order valence-corrected chi connectivity index (χ3v) is 6.91. The number of fused-ring (bicyclic) bond motifs is 1. The Morgan fingerprint density at radius 3 is 2.33 bits per heavy atom. The van der Waals surface area contributed by atoms with Crippen molar-refractivity contribution in [3.8, 4) is 5.69 Å². The second-order valence-corrected chi connectivity index (χ2v) is 9.04. The largest absolute Gasteiger partial charge is 0.454 e. The molecule has 1 aliphatic rings. The summed E-state index contributed by atoms with van der Waals surface area (Å²) in [5.41, 5.74) is 0.485. The Morgan fingerprint density at radius 1 is 0.917 bits per heavy atom. The van der Waals surface area contributed by atoms with Crippen LogP contribution < -0.4 is 10.5 Å². The highest BCUT2D eigenvalue weighted by molar-refractivity contribution is 7.12. The monoisotopic (exact) mass is 501 g/mol. The highest BCUT2D eigenvalue weighted by Gasteiger charge is 2.41. The van der Waals surface area contributed by atoms with E-state index in [2.05, 4.69) is 0 Å². The molecule has 0 aliphatic carbocycles. The SMILES string of the molecule is Cc1c(N2C(=O)c3ccc(C(=O)OCC(=O)c4cccs4)cc3C2=O)c(=O)n(-c2ccccc2)n1C. The summed E-state index contributed by atoms with van der Waals surface area (Å²) in [4.78, 5) is 65.8. The number of hydrogen-bond acceptors (Lipinski definition) is 7. The Kier molecular flexibility index (Phi) is 5.73. The van der Waals surface area contributed by atoms with Crippen molar-refractivity contribution in [1.82, 2.24) is 9.36 Å². The van der Waals surface area contributed by atoms with Crippen LogP contribution in [0.1, 0.15) is 46.4 Å². The highest BCUT2D eigenvalue weighted by atomic mass is 32.1. The summed E-state index contributed by atoms with van der Waals surface area (Å²) in [6.45, 7) is 1.20. The number of esters is 1. The first-order chi connectivity index (χ1) is 17.3. The van der Waals surface area contributed by atoms with Gasteiger partial charge in [0.1, 0.15) is 5.69 Å². The van der Waals surface area contributed by atoms with Gasteiger partial charge in [-0.25, -0.2) is 14.4 Å². The molecule has 2 amide bonds. The zero-order chi connectivity index (χ0) is 25.6. The molecule has 0 spiro atoms. The lowest BCUT2D eigenvalue weighted by atomic mass is 10.1. The van der Waals surface area contributed by atoms with E-state index >= 15 is 0 Å². The minimum absolute atomic E-state index is 0.0159. The van der Waals surface area contributed by atoms with Gasteiger partial charge >= 0.3 is 5.97 Å². The second-order valence-electron chi connectivity index (χ2n) is 8.09. The average molecular weight is 502 g/mol. The number of nitrogens with zero attached hydrogens (tertiary/aromatic N) is 3. The van der Waals surface area contributed by atoms with E-state index in [1.807, 2.05) is 6.07 Å². The Hall–Kier alpha value is -4.57. The Morgan fingerprint density at radius 2 is 1.64 bits per heavy atom. The summed E-state index contributed by atoms with van der Waals surface area (Å²) in [5, 5.41) is 1.74. The summed E-state index contributed by atoms with van der Waals surface area (Å²) in [5.74, 6) is -2.52. The third-order valence-electron chi connectivity index (χ3n) is 6.00. The third kappa shape index (κ3) is 3.68. The number of benzene rings is 2. The number of anilines is 1. The lowest BCUT2D eigenvalue weighted by molar-refractivity contribution is 0.0475. The van der Waals surface area contributed by atoms with Gasteiger partial charge in [-0.3, -0.25) is 23.9 Å². The molecule has 10 heteroatoms. The molecule has 0 radical (unpaired) electrons. The fourth-order valence-corrected chi connectivity index (χ4v) is 4.76. The molecule has 5 rings (SSSR count). The Balaban J connectivity index is 1.44. The molecule has 0 saturated carbocycles. The molecule has 0 bridgehead atoms. The predicted molar refractivity (Wildman–Crippen MR) is 132 cm³/mol. The number of carbonyl (C=O) groups excluding carboxylic acids is 4. The molecule has 2 aromatic carbocycles. The number of Topliss-reactive ketones (excluding diaryl/α,β-unsaturated/α-hetero) is 1. The fourth-order valence-electron chi connectivity index (χ4n) is 4.11. The van der Waals surface area contributed by atoms with Crippen molar-refractivity contribution in [2.45, 2.75) is 6.92 Å². The van der Waals surface area contributed by atoms with Gasteiger partial charge in [0.05, 0.1) is 32.9 Å². The lowest BCUT2D eigenvalue weighted by Crippen LogP contribution is -2.34. The molecule has 0 N–H and O–H groups in total. The summed E-state index contributed by atoms with van der Waals surface area (Å²) in [7, 11) is 1.66. The van der Waals surface area contributed by atoms with E-state index in [1.54, 1.807) is 60.4 Å². The van der Waals surface area contributed by atoms with Crippen LogP contribution >= 0.6 is 11.3 Å². The molecule has 0 fully saturated rings. The number of imide groups is 1. The van der Waals surface area contributed by atoms with Gasteiger partial charge in [-0.2, -0.15) is 0 Å². The molecule has 180 valence electrons. The first kappa shape index (κ1) is 23.2. The molecule has 0 unspecified atom stereocenters. The van der Waals surface area contributed by atoms with Crippen molar-refractivity contribution >= 4 is 40.6 Å². The van der Waals surface area contributed by atoms with Crippen LogP contribution in [0.15, 0.2) is 70.8 Å². The molecule has 36 heavy (non-hydrogen) atoms. The van der Waals surface area contributed by atoms with E-state index < -0.39 is 29.9 Å². The van der Waals surface area contributed by atoms with Gasteiger partial charge in [0, 0.05) is 7.05 Å². The molecule has 0 atom stereocenters. The van der Waals surface area contributed by atoms with Gasteiger partial charge in [0.2, 0.25) is 5.78 Å². The van der Waals surface area contributed by atoms with E-state index in [1.165, 1.54) is 34.2 Å². The van der Waals surface area contributed by atoms with Crippen LogP contribution in [0, 0.1) is 6.92 Å². The normalized spacial score (nSPS) is 12.7. The number of carbonyl (C=O) groups is 4. The van der Waals surface area contributed by atoms with Crippen molar-refractivity contribution in [2.75, 3.05) is 11.5 Å². The van der Waals surface area contributed by atoms with E-state index in [4.69, 9.17) is 4.74 Å². The fraction of sp³-hybridized carbons (Fsp3) is 0.115. The zero-order valence-corrected chi connectivity index (χ0v) is 20.1. The van der Waals surface area contributed by atoms with Gasteiger partial charge in [-0.05, 0) is 48.7 Å². The van der Waals surface area contributed by atoms with Crippen LogP contribution in [0.4, 0.5) is 5.69 Å². The van der Waals surface area contributed by atoms with Gasteiger partial charge in [-0.15, -0.1) is 11.3 Å². The van der Waals surface area contributed by atoms with E-state index in [9.17, 15) is 24.0 Å². The van der Waals surface area contributed by atoms with E-state index in [-0.39, 0.29) is 28.2 Å². The predicted octanol–water partition coefficient (Wildman–Crippen LogP) is 3.39. The zero-order valence-electron chi connectivity index (χ0n) is 19.3. The van der Waals surface area contributed by atoms with Crippen molar-refractivity contribution < 1.29 is 23.9 Å². The number of ketones is 1. The molecule has 1 aliphatic heterocycles. The number of rotatable bonds is 6.